The van der Waals surface area contributed by atoms with Crippen LogP contribution in [0.4, 0.5) is 5.95 Å². The van der Waals surface area contributed by atoms with E-state index in [9.17, 15) is 15.2 Å². The van der Waals surface area contributed by atoms with Crippen molar-refractivity contribution in [2.45, 2.75) is 51.1 Å². The van der Waals surface area contributed by atoms with Crippen LogP contribution in [0.3, 0.4) is 0 Å². The highest BCUT2D eigenvalue weighted by Crippen LogP contribution is 2.29. The maximum absolute atomic E-state index is 11.3. The number of carboxylic acid groups (broad SMARTS) is 1. The number of rotatable bonds is 9. The summed E-state index contributed by atoms with van der Waals surface area (Å²) in [6.45, 7) is 4.11. The molecule has 0 spiro atoms. The van der Waals surface area contributed by atoms with Crippen molar-refractivity contribution < 1.29 is 9.90 Å². The van der Waals surface area contributed by atoms with Crippen LogP contribution in [0.2, 0.25) is 0 Å². The molecule has 186 valence electrons. The first-order valence-corrected chi connectivity index (χ1v) is 12.0. The highest BCUT2D eigenvalue weighted by Gasteiger charge is 2.26. The van der Waals surface area contributed by atoms with Gasteiger partial charge in [0.25, 0.3) is 0 Å². The van der Waals surface area contributed by atoms with E-state index in [4.69, 9.17) is 0 Å². The third-order valence-corrected chi connectivity index (χ3v) is 6.14. The molecule has 1 aliphatic carbocycles. The van der Waals surface area contributed by atoms with Crippen LogP contribution in [-0.4, -0.2) is 47.1 Å². The Morgan fingerprint density at radius 3 is 2.65 bits per heavy atom. The van der Waals surface area contributed by atoms with E-state index in [1.807, 2.05) is 50.2 Å². The second kappa shape index (κ2) is 9.78. The average molecular weight is 495 g/mol. The molecule has 1 aliphatic rings. The van der Waals surface area contributed by atoms with Crippen LogP contribution >= 0.6 is 0 Å². The minimum Gasteiger partial charge on any atom is -0.481 e. The summed E-state index contributed by atoms with van der Waals surface area (Å²) in [6.07, 6.45) is 3.95. The molecular formula is C27H26N8O2. The maximum Gasteiger partial charge on any atom is 0.304 e. The first-order chi connectivity index (χ1) is 17.8. The predicted molar refractivity (Wildman–Crippen MR) is 136 cm³/mol. The van der Waals surface area contributed by atoms with E-state index >= 15 is 0 Å². The zero-order valence-corrected chi connectivity index (χ0v) is 20.6. The van der Waals surface area contributed by atoms with E-state index in [2.05, 4.69) is 36.7 Å². The average Bonchev–Trinajstić information content (AvgIpc) is 3.57. The van der Waals surface area contributed by atoms with Crippen LogP contribution in [0.25, 0.3) is 22.6 Å². The second-order valence-electron chi connectivity index (χ2n) is 9.84. The number of hydrogen-bond donors (Lipinski definition) is 2. The zero-order valence-electron chi connectivity index (χ0n) is 20.6. The van der Waals surface area contributed by atoms with Gasteiger partial charge in [0.05, 0.1) is 47.9 Å². The fourth-order valence-corrected chi connectivity index (χ4v) is 4.02. The smallest absolute Gasteiger partial charge is 0.304 e. The molecule has 0 aliphatic heterocycles. The van der Waals surface area contributed by atoms with E-state index in [1.54, 1.807) is 23.0 Å². The summed E-state index contributed by atoms with van der Waals surface area (Å²) in [4.78, 5) is 25.3. The van der Waals surface area contributed by atoms with Crippen LogP contribution in [0, 0.1) is 11.3 Å². The van der Waals surface area contributed by atoms with Crippen molar-refractivity contribution in [1.82, 2.24) is 29.9 Å². The lowest BCUT2D eigenvalue weighted by molar-refractivity contribution is -0.138. The number of nitrogens with zero attached hydrogens (tertiary/aromatic N) is 7. The van der Waals surface area contributed by atoms with Gasteiger partial charge >= 0.3 is 5.97 Å². The van der Waals surface area contributed by atoms with Crippen molar-refractivity contribution in [3.63, 3.8) is 0 Å². The van der Waals surface area contributed by atoms with E-state index in [-0.39, 0.29) is 6.42 Å². The van der Waals surface area contributed by atoms with Gasteiger partial charge in [-0.25, -0.2) is 14.6 Å². The Morgan fingerprint density at radius 1 is 1.11 bits per heavy atom. The molecular weight excluding hydrogens is 468 g/mol. The quantitative estimate of drug-likeness (QED) is 0.352. The van der Waals surface area contributed by atoms with Crippen LogP contribution < -0.4 is 5.32 Å². The molecule has 0 atom stereocenters. The van der Waals surface area contributed by atoms with Gasteiger partial charge in [-0.15, -0.1) is 5.10 Å². The van der Waals surface area contributed by atoms with Crippen LogP contribution in [-0.2, 0) is 16.8 Å². The summed E-state index contributed by atoms with van der Waals surface area (Å²) in [7, 11) is 0. The molecule has 1 fully saturated rings. The summed E-state index contributed by atoms with van der Waals surface area (Å²) in [6, 6.07) is 17.3. The number of carbonyl (C=O) groups is 1. The molecule has 1 saturated carbocycles. The third kappa shape index (κ3) is 5.78. The Morgan fingerprint density at radius 2 is 1.89 bits per heavy atom. The highest BCUT2D eigenvalue weighted by atomic mass is 16.4. The molecule has 0 amide bonds. The molecule has 3 aromatic heterocycles. The Balaban J connectivity index is 1.43. The Hall–Kier alpha value is -4.65. The molecule has 0 unspecified atom stereocenters. The zero-order chi connectivity index (χ0) is 26.0. The number of aliphatic carboxylic acids is 1. The monoisotopic (exact) mass is 494 g/mol. The van der Waals surface area contributed by atoms with Crippen molar-refractivity contribution >= 4 is 11.9 Å². The first-order valence-electron chi connectivity index (χ1n) is 12.0. The molecule has 0 saturated heterocycles. The van der Waals surface area contributed by atoms with Crippen molar-refractivity contribution in [3.8, 4) is 28.7 Å². The number of anilines is 1. The Labute approximate surface area is 214 Å². The second-order valence-corrected chi connectivity index (χ2v) is 9.84. The number of carboxylic acids is 1. The number of nitrogens with one attached hydrogen (secondary N) is 1. The lowest BCUT2D eigenvalue weighted by Crippen LogP contribution is -2.23. The van der Waals surface area contributed by atoms with E-state index in [1.165, 1.54) is 0 Å². The number of pyridine rings is 1. The maximum atomic E-state index is 11.3. The summed E-state index contributed by atoms with van der Waals surface area (Å²) in [5.41, 5.74) is 4.13. The molecule has 1 aromatic carbocycles. The van der Waals surface area contributed by atoms with Gasteiger partial charge in [-0.1, -0.05) is 37.3 Å². The van der Waals surface area contributed by atoms with Gasteiger partial charge in [0.1, 0.15) is 5.69 Å². The molecule has 5 rings (SSSR count). The van der Waals surface area contributed by atoms with Crippen molar-refractivity contribution in [2.75, 3.05) is 5.32 Å². The molecule has 37 heavy (non-hydrogen) atoms. The lowest BCUT2D eigenvalue weighted by atomic mass is 9.85. The summed E-state index contributed by atoms with van der Waals surface area (Å²) in [5.74, 6) is -0.348. The Kier molecular flexibility index (Phi) is 6.36. The Bertz CT molecular complexity index is 1500. The SMILES string of the molecule is CC(C)(CC(=O)O)c1cccc(Cn2cc(-c3cc(-c4cccc(C#N)c4)nc(NC4CC4)n3)nn2)n1. The predicted octanol–water partition coefficient (Wildman–Crippen LogP) is 4.04. The number of benzene rings is 1. The van der Waals surface area contributed by atoms with Gasteiger partial charge in [0, 0.05) is 22.7 Å². The highest BCUT2D eigenvalue weighted by molar-refractivity contribution is 5.69. The number of nitriles is 1. The number of aromatic nitrogens is 6. The summed E-state index contributed by atoms with van der Waals surface area (Å²) >= 11 is 0. The number of hydrogen-bond acceptors (Lipinski definition) is 8. The van der Waals surface area contributed by atoms with Gasteiger partial charge in [-0.05, 0) is 43.2 Å². The third-order valence-electron chi connectivity index (χ3n) is 6.14. The minimum atomic E-state index is -0.864. The van der Waals surface area contributed by atoms with E-state index < -0.39 is 11.4 Å². The lowest BCUT2D eigenvalue weighted by Gasteiger charge is -2.22. The van der Waals surface area contributed by atoms with Gasteiger partial charge in [-0.3, -0.25) is 9.78 Å². The van der Waals surface area contributed by atoms with Gasteiger partial charge in [-0.2, -0.15) is 5.26 Å². The normalized spacial score (nSPS) is 13.2. The fourth-order valence-electron chi connectivity index (χ4n) is 4.02. The van der Waals surface area contributed by atoms with Crippen LogP contribution in [0.1, 0.15) is 50.1 Å². The van der Waals surface area contributed by atoms with E-state index in [0.29, 0.717) is 46.9 Å². The standard InChI is InChI=1S/C27H26N8O2/c1-27(2,13-25(36)37)24-8-4-7-20(29-24)15-35-16-23(33-34-35)22-12-21(18-6-3-5-17(11-18)14-28)31-26(32-22)30-19-9-10-19/h3-8,11-12,16,19H,9-10,13,15H2,1-2H3,(H,36,37)(H,30,31,32). The van der Waals surface area contributed by atoms with Crippen molar-refractivity contribution in [3.05, 3.63) is 71.7 Å². The molecule has 10 heteroatoms. The summed E-state index contributed by atoms with van der Waals surface area (Å²) in [5, 5.41) is 30.5. The minimum absolute atomic E-state index is 0.0124. The first kappa shape index (κ1) is 24.1. The van der Waals surface area contributed by atoms with Crippen molar-refractivity contribution in [2.24, 2.45) is 0 Å². The van der Waals surface area contributed by atoms with Gasteiger partial charge in [0.15, 0.2) is 0 Å². The largest absolute Gasteiger partial charge is 0.481 e. The topological polar surface area (TPSA) is 142 Å². The van der Waals surface area contributed by atoms with Crippen LogP contribution in [0.15, 0.2) is 54.7 Å². The molecule has 3 heterocycles. The van der Waals surface area contributed by atoms with E-state index in [0.717, 1.165) is 24.1 Å². The van der Waals surface area contributed by atoms with Gasteiger partial charge < -0.3 is 10.4 Å². The molecule has 4 aromatic rings. The molecule has 0 radical (unpaired) electrons. The molecule has 10 nitrogen and oxygen atoms in total. The fraction of sp³-hybridized carbons (Fsp3) is 0.296. The van der Waals surface area contributed by atoms with Crippen molar-refractivity contribution in [1.29, 1.82) is 5.26 Å². The molecule has 0 bridgehead atoms. The molecule has 2 N–H and O–H groups in total. The van der Waals surface area contributed by atoms with Gasteiger partial charge in [0.2, 0.25) is 5.95 Å². The van der Waals surface area contributed by atoms with Crippen LogP contribution in [0.5, 0.6) is 0 Å². The summed E-state index contributed by atoms with van der Waals surface area (Å²) < 4.78 is 1.68.